The number of rotatable bonds is 3. The van der Waals surface area contributed by atoms with Gasteiger partial charge >= 0.3 is 6.18 Å². The first-order valence-corrected chi connectivity index (χ1v) is 11.9. The molecule has 1 N–H and O–H groups in total. The highest BCUT2D eigenvalue weighted by molar-refractivity contribution is 5.96. The fourth-order valence-electron chi connectivity index (χ4n) is 5.18. The zero-order chi connectivity index (χ0) is 24.9. The number of aromatic nitrogens is 3. The smallest absolute Gasteiger partial charge is 0.391 e. The molecule has 35 heavy (non-hydrogen) atoms. The van der Waals surface area contributed by atoms with Crippen LogP contribution < -0.4 is 4.90 Å². The highest BCUT2D eigenvalue weighted by atomic mass is 19.4. The molecule has 2 saturated heterocycles. The molecule has 3 atom stereocenters. The summed E-state index contributed by atoms with van der Waals surface area (Å²) in [6.07, 6.45) is -0.963. The number of piperidine rings is 1. The average Bonchev–Trinajstić information content (AvgIpc) is 3.39. The quantitative estimate of drug-likeness (QED) is 0.598. The number of carbonyl (C=O) groups is 1. The third kappa shape index (κ3) is 4.35. The van der Waals surface area contributed by atoms with Crippen molar-refractivity contribution in [3.8, 4) is 0 Å². The number of amides is 1. The number of aryl methyl sites for hydroxylation is 1. The van der Waals surface area contributed by atoms with Gasteiger partial charge in [-0.3, -0.25) is 4.79 Å². The largest absolute Gasteiger partial charge is 0.417 e. The Hall–Kier alpha value is -3.14. The first kappa shape index (κ1) is 23.6. The Morgan fingerprint density at radius 2 is 1.94 bits per heavy atom. The molecule has 4 heterocycles. The van der Waals surface area contributed by atoms with E-state index in [1.54, 1.807) is 4.52 Å². The van der Waals surface area contributed by atoms with Crippen LogP contribution in [0, 0.1) is 12.8 Å². The third-order valence-electron chi connectivity index (χ3n) is 7.06. The zero-order valence-corrected chi connectivity index (χ0v) is 19.7. The number of hydrogen-bond donors (Lipinski definition) is 1. The summed E-state index contributed by atoms with van der Waals surface area (Å²) < 4.78 is 42.4. The highest BCUT2D eigenvalue weighted by Crippen LogP contribution is 2.36. The second-order valence-electron chi connectivity index (χ2n) is 9.62. The molecular formula is C25H28F3N5O2. The minimum atomic E-state index is -4.61. The van der Waals surface area contributed by atoms with Crippen LogP contribution in [0.4, 0.5) is 19.0 Å². The number of likely N-dealkylation sites (tertiary alicyclic amines) is 1. The molecule has 7 nitrogen and oxygen atoms in total. The lowest BCUT2D eigenvalue weighted by Gasteiger charge is -2.35. The standard InChI is InChI=1S/C25H28F3N5O2/c1-15-12-31(14-21(15)34)23-16(2)13-33-22(29-23)11-19(30-33)20-9-5-6-10-32(20)24(35)17-7-3-4-8-18(17)25(26,27)28/h3-4,7-8,11,13,15,20-21,34H,5-6,9-10,12,14H2,1-2H3/t15-,20+,21+/m1/s1. The van der Waals surface area contributed by atoms with Gasteiger partial charge in [-0.15, -0.1) is 0 Å². The number of halogens is 3. The van der Waals surface area contributed by atoms with Gasteiger partial charge in [-0.05, 0) is 38.3 Å². The van der Waals surface area contributed by atoms with Crippen molar-refractivity contribution in [1.29, 1.82) is 0 Å². The predicted molar refractivity (Wildman–Crippen MR) is 124 cm³/mol. The van der Waals surface area contributed by atoms with Crippen molar-refractivity contribution in [3.05, 3.63) is 58.9 Å². The maximum Gasteiger partial charge on any atom is 0.417 e. The number of benzene rings is 1. The van der Waals surface area contributed by atoms with Gasteiger partial charge in [0.05, 0.1) is 29.0 Å². The Morgan fingerprint density at radius 3 is 2.66 bits per heavy atom. The number of aliphatic hydroxyl groups is 1. The number of aliphatic hydroxyl groups excluding tert-OH is 1. The van der Waals surface area contributed by atoms with Crippen LogP contribution in [0.3, 0.4) is 0 Å². The fraction of sp³-hybridized carbons (Fsp3) is 0.480. The Kier molecular flexibility index (Phi) is 5.94. The topological polar surface area (TPSA) is 74.0 Å². The minimum Gasteiger partial charge on any atom is -0.391 e. The summed E-state index contributed by atoms with van der Waals surface area (Å²) in [4.78, 5) is 21.7. The van der Waals surface area contributed by atoms with Crippen molar-refractivity contribution in [2.24, 2.45) is 5.92 Å². The molecule has 0 spiro atoms. The maximum absolute atomic E-state index is 13.6. The van der Waals surface area contributed by atoms with Gasteiger partial charge in [0.1, 0.15) is 5.82 Å². The van der Waals surface area contributed by atoms with E-state index in [4.69, 9.17) is 4.98 Å². The van der Waals surface area contributed by atoms with Crippen LogP contribution in [-0.4, -0.2) is 56.2 Å². The van der Waals surface area contributed by atoms with E-state index in [0.29, 0.717) is 37.4 Å². The zero-order valence-electron chi connectivity index (χ0n) is 19.7. The highest BCUT2D eigenvalue weighted by Gasteiger charge is 2.38. The monoisotopic (exact) mass is 487 g/mol. The van der Waals surface area contributed by atoms with E-state index >= 15 is 0 Å². The van der Waals surface area contributed by atoms with E-state index in [-0.39, 0.29) is 11.5 Å². The Bertz CT molecular complexity index is 1250. The molecule has 0 unspecified atom stereocenters. The molecule has 5 rings (SSSR count). The second kappa shape index (κ2) is 8.82. The lowest BCUT2D eigenvalue weighted by atomic mass is 9.97. The molecule has 2 fully saturated rings. The van der Waals surface area contributed by atoms with Crippen LogP contribution in [0.25, 0.3) is 5.65 Å². The summed E-state index contributed by atoms with van der Waals surface area (Å²) in [5.74, 6) is 0.293. The van der Waals surface area contributed by atoms with E-state index in [9.17, 15) is 23.1 Å². The summed E-state index contributed by atoms with van der Waals surface area (Å²) in [6.45, 7) is 5.51. The van der Waals surface area contributed by atoms with E-state index < -0.39 is 29.8 Å². The van der Waals surface area contributed by atoms with Crippen molar-refractivity contribution in [1.82, 2.24) is 19.5 Å². The van der Waals surface area contributed by atoms with E-state index in [1.807, 2.05) is 26.1 Å². The summed E-state index contributed by atoms with van der Waals surface area (Å²) >= 11 is 0. The molecule has 0 bridgehead atoms. The number of β-amino-alcohol motifs (C(OH)–C–C–N with tert-alkyl or cyclic N) is 1. The van der Waals surface area contributed by atoms with Crippen molar-refractivity contribution in [2.75, 3.05) is 24.5 Å². The van der Waals surface area contributed by atoms with E-state index in [0.717, 1.165) is 30.3 Å². The summed E-state index contributed by atoms with van der Waals surface area (Å²) in [5, 5.41) is 14.8. The SMILES string of the molecule is Cc1cn2nc([C@@H]3CCCCN3C(=O)c3ccccc3C(F)(F)F)cc2nc1N1C[C@@H](C)[C@@H](O)C1. The van der Waals surface area contributed by atoms with Gasteiger partial charge in [-0.1, -0.05) is 19.1 Å². The van der Waals surface area contributed by atoms with Crippen LogP contribution in [0.15, 0.2) is 36.5 Å². The Balaban J connectivity index is 1.48. The number of alkyl halides is 3. The molecule has 2 aliphatic heterocycles. The van der Waals surface area contributed by atoms with Gasteiger partial charge in [0.15, 0.2) is 5.65 Å². The first-order valence-electron chi connectivity index (χ1n) is 11.9. The van der Waals surface area contributed by atoms with Crippen LogP contribution in [0.1, 0.15) is 59.4 Å². The van der Waals surface area contributed by atoms with Crippen LogP contribution in [-0.2, 0) is 6.18 Å². The van der Waals surface area contributed by atoms with Crippen LogP contribution >= 0.6 is 0 Å². The normalized spacial score (nSPS) is 23.3. The van der Waals surface area contributed by atoms with Crippen LogP contribution in [0.2, 0.25) is 0 Å². The molecule has 0 saturated carbocycles. The van der Waals surface area contributed by atoms with Crippen molar-refractivity contribution in [2.45, 2.75) is 51.4 Å². The predicted octanol–water partition coefficient (Wildman–Crippen LogP) is 4.24. The minimum absolute atomic E-state index is 0.147. The number of anilines is 1. The van der Waals surface area contributed by atoms with Gasteiger partial charge < -0.3 is 14.9 Å². The first-order chi connectivity index (χ1) is 16.6. The molecule has 10 heteroatoms. The molecule has 2 aromatic heterocycles. The van der Waals surface area contributed by atoms with Crippen LogP contribution in [0.5, 0.6) is 0 Å². The summed E-state index contributed by atoms with van der Waals surface area (Å²) in [6, 6.07) is 6.31. The van der Waals surface area contributed by atoms with E-state index in [1.165, 1.54) is 23.1 Å². The van der Waals surface area contributed by atoms with Gasteiger partial charge in [-0.2, -0.15) is 18.3 Å². The second-order valence-corrected chi connectivity index (χ2v) is 9.62. The van der Waals surface area contributed by atoms with Crippen molar-refractivity contribution >= 4 is 17.4 Å². The Labute approximate surface area is 201 Å². The molecule has 2 aliphatic rings. The van der Waals surface area contributed by atoms with Gasteiger partial charge in [0.25, 0.3) is 5.91 Å². The molecule has 0 aliphatic carbocycles. The van der Waals surface area contributed by atoms with Gasteiger partial charge in [0, 0.05) is 43.4 Å². The average molecular weight is 488 g/mol. The lowest BCUT2D eigenvalue weighted by Crippen LogP contribution is -2.39. The van der Waals surface area contributed by atoms with E-state index in [2.05, 4.69) is 10.00 Å². The van der Waals surface area contributed by atoms with Gasteiger partial charge in [-0.25, -0.2) is 9.50 Å². The molecule has 1 aromatic carbocycles. The summed E-state index contributed by atoms with van der Waals surface area (Å²) in [5.41, 5.74) is 0.857. The number of hydrogen-bond acceptors (Lipinski definition) is 5. The Morgan fingerprint density at radius 1 is 1.17 bits per heavy atom. The summed E-state index contributed by atoms with van der Waals surface area (Å²) in [7, 11) is 0. The number of fused-ring (bicyclic) bond motifs is 1. The molecule has 186 valence electrons. The molecule has 0 radical (unpaired) electrons. The molecule has 1 amide bonds. The third-order valence-corrected chi connectivity index (χ3v) is 7.06. The number of nitrogens with zero attached hydrogens (tertiary/aromatic N) is 5. The fourth-order valence-corrected chi connectivity index (χ4v) is 5.18. The van der Waals surface area contributed by atoms with Crippen molar-refractivity contribution < 1.29 is 23.1 Å². The molecular weight excluding hydrogens is 459 g/mol. The lowest BCUT2D eigenvalue weighted by molar-refractivity contribution is -0.138. The number of carbonyl (C=O) groups excluding carboxylic acids is 1. The molecule has 3 aromatic rings. The maximum atomic E-state index is 13.6. The van der Waals surface area contributed by atoms with Gasteiger partial charge in [0.2, 0.25) is 0 Å². The van der Waals surface area contributed by atoms with Crippen molar-refractivity contribution in [3.63, 3.8) is 0 Å².